The lowest BCUT2D eigenvalue weighted by atomic mass is 9.97. The van der Waals surface area contributed by atoms with Crippen molar-refractivity contribution in [2.75, 3.05) is 26.2 Å². The van der Waals surface area contributed by atoms with Gasteiger partial charge in [-0.25, -0.2) is 4.98 Å². The summed E-state index contributed by atoms with van der Waals surface area (Å²) in [5.41, 5.74) is 1.19. The quantitative estimate of drug-likeness (QED) is 0.703. The highest BCUT2D eigenvalue weighted by Crippen LogP contribution is 2.33. The summed E-state index contributed by atoms with van der Waals surface area (Å²) >= 11 is 1.69. The molecule has 4 rings (SSSR count). The topological polar surface area (TPSA) is 58.4 Å². The first-order valence-electron chi connectivity index (χ1n) is 11.7. The van der Waals surface area contributed by atoms with Crippen LogP contribution in [0.1, 0.15) is 68.6 Å². The van der Waals surface area contributed by atoms with Crippen molar-refractivity contribution < 1.29 is 4.79 Å². The van der Waals surface area contributed by atoms with Gasteiger partial charge in [-0.05, 0) is 57.2 Å². The predicted octanol–water partition coefficient (Wildman–Crippen LogP) is 3.58. The summed E-state index contributed by atoms with van der Waals surface area (Å²) in [4.78, 5) is 38.2. The van der Waals surface area contributed by atoms with Crippen LogP contribution in [0.4, 0.5) is 0 Å². The molecule has 3 heterocycles. The zero-order valence-electron chi connectivity index (χ0n) is 18.4. The van der Waals surface area contributed by atoms with E-state index in [4.69, 9.17) is 4.98 Å². The molecule has 6 nitrogen and oxygen atoms in total. The molecular formula is C23H34N4O2S. The molecule has 2 aliphatic rings. The maximum Gasteiger partial charge on any atom is 0.263 e. The first-order valence-corrected chi connectivity index (χ1v) is 12.5. The summed E-state index contributed by atoms with van der Waals surface area (Å²) in [6.07, 6.45) is 8.82. The number of carbonyl (C=O) groups excluding carboxylic acids is 1. The van der Waals surface area contributed by atoms with Gasteiger partial charge >= 0.3 is 0 Å². The number of carbonyl (C=O) groups is 1. The third-order valence-electron chi connectivity index (χ3n) is 6.67. The Labute approximate surface area is 182 Å². The van der Waals surface area contributed by atoms with E-state index in [1.54, 1.807) is 15.9 Å². The van der Waals surface area contributed by atoms with Crippen LogP contribution in [0.15, 0.2) is 4.79 Å². The number of amides is 1. The SMILES string of the molecule is CCN(CC)Cc1nc2sc3c(c2c(=O)n1CC(=O)N1CCCCCC1)CCCC3. The van der Waals surface area contributed by atoms with Gasteiger partial charge in [0.1, 0.15) is 17.2 Å². The van der Waals surface area contributed by atoms with Gasteiger partial charge in [0.25, 0.3) is 5.56 Å². The van der Waals surface area contributed by atoms with E-state index in [2.05, 4.69) is 18.7 Å². The van der Waals surface area contributed by atoms with Crippen LogP contribution < -0.4 is 5.56 Å². The third kappa shape index (κ3) is 4.33. The highest BCUT2D eigenvalue weighted by molar-refractivity contribution is 7.18. The zero-order valence-corrected chi connectivity index (χ0v) is 19.2. The Balaban J connectivity index is 1.75. The zero-order chi connectivity index (χ0) is 21.1. The van der Waals surface area contributed by atoms with Crippen molar-refractivity contribution in [3.63, 3.8) is 0 Å². The monoisotopic (exact) mass is 430 g/mol. The number of thiophene rings is 1. The minimum absolute atomic E-state index is 0.00951. The van der Waals surface area contributed by atoms with Gasteiger partial charge in [0.2, 0.25) is 5.91 Å². The molecule has 0 radical (unpaired) electrons. The van der Waals surface area contributed by atoms with Crippen LogP contribution in [0, 0.1) is 0 Å². The summed E-state index contributed by atoms with van der Waals surface area (Å²) in [6, 6.07) is 0. The van der Waals surface area contributed by atoms with Crippen molar-refractivity contribution in [1.29, 1.82) is 0 Å². The van der Waals surface area contributed by atoms with Crippen LogP contribution in [-0.4, -0.2) is 51.4 Å². The van der Waals surface area contributed by atoms with E-state index in [0.717, 1.165) is 74.3 Å². The molecule has 0 N–H and O–H groups in total. The fraction of sp³-hybridized carbons (Fsp3) is 0.696. The first-order chi connectivity index (χ1) is 14.6. The molecule has 7 heteroatoms. The standard InChI is InChI=1S/C23H34N4O2S/c1-3-25(4-2)15-19-24-22-21(17-11-7-8-12-18(17)30-22)23(29)27(19)16-20(28)26-13-9-5-6-10-14-26/h3-16H2,1-2H3. The first kappa shape index (κ1) is 21.5. The van der Waals surface area contributed by atoms with E-state index < -0.39 is 0 Å². The summed E-state index contributed by atoms with van der Waals surface area (Å²) < 4.78 is 1.69. The number of aromatic nitrogens is 2. The number of rotatable bonds is 6. The van der Waals surface area contributed by atoms with Crippen LogP contribution in [0.25, 0.3) is 10.2 Å². The normalized spacial score (nSPS) is 17.4. The molecule has 2 aromatic heterocycles. The summed E-state index contributed by atoms with van der Waals surface area (Å²) in [5, 5.41) is 0.779. The third-order valence-corrected chi connectivity index (χ3v) is 7.85. The van der Waals surface area contributed by atoms with Crippen LogP contribution >= 0.6 is 11.3 Å². The van der Waals surface area contributed by atoms with Crippen LogP contribution in [-0.2, 0) is 30.7 Å². The van der Waals surface area contributed by atoms with Gasteiger partial charge in [0, 0.05) is 18.0 Å². The van der Waals surface area contributed by atoms with Gasteiger partial charge < -0.3 is 4.90 Å². The molecule has 30 heavy (non-hydrogen) atoms. The van der Waals surface area contributed by atoms with Crippen LogP contribution in [0.3, 0.4) is 0 Å². The van der Waals surface area contributed by atoms with Crippen molar-refractivity contribution in [1.82, 2.24) is 19.4 Å². The highest BCUT2D eigenvalue weighted by Gasteiger charge is 2.24. The van der Waals surface area contributed by atoms with Crippen molar-refractivity contribution in [2.45, 2.75) is 78.3 Å². The minimum Gasteiger partial charge on any atom is -0.341 e. The Hall–Kier alpha value is -1.73. The smallest absolute Gasteiger partial charge is 0.263 e. The van der Waals surface area contributed by atoms with E-state index in [9.17, 15) is 9.59 Å². The molecule has 2 aromatic rings. The second-order valence-corrected chi connectivity index (χ2v) is 9.65. The number of hydrogen-bond donors (Lipinski definition) is 0. The van der Waals surface area contributed by atoms with Crippen LogP contribution in [0.2, 0.25) is 0 Å². The molecule has 0 saturated carbocycles. The highest BCUT2D eigenvalue weighted by atomic mass is 32.1. The van der Waals surface area contributed by atoms with Gasteiger partial charge in [-0.2, -0.15) is 0 Å². The van der Waals surface area contributed by atoms with E-state index in [0.29, 0.717) is 6.54 Å². The molecule has 0 bridgehead atoms. The Morgan fingerprint density at radius 2 is 1.73 bits per heavy atom. The Morgan fingerprint density at radius 3 is 2.43 bits per heavy atom. The molecule has 1 aliphatic heterocycles. The molecule has 1 saturated heterocycles. The molecule has 1 amide bonds. The fourth-order valence-electron chi connectivity index (χ4n) is 4.77. The fourth-order valence-corrected chi connectivity index (χ4v) is 6.04. The van der Waals surface area contributed by atoms with Gasteiger partial charge in [0.15, 0.2) is 0 Å². The van der Waals surface area contributed by atoms with E-state index in [1.165, 1.54) is 29.7 Å². The lowest BCUT2D eigenvalue weighted by Gasteiger charge is -2.23. The summed E-state index contributed by atoms with van der Waals surface area (Å²) in [5.74, 6) is 0.794. The van der Waals surface area contributed by atoms with Crippen molar-refractivity contribution in [2.24, 2.45) is 0 Å². The van der Waals surface area contributed by atoms with Crippen molar-refractivity contribution in [3.05, 3.63) is 26.6 Å². The number of hydrogen-bond acceptors (Lipinski definition) is 5. The average molecular weight is 431 g/mol. The summed E-state index contributed by atoms with van der Waals surface area (Å²) in [7, 11) is 0. The van der Waals surface area contributed by atoms with E-state index in [-0.39, 0.29) is 18.0 Å². The lowest BCUT2D eigenvalue weighted by Crippen LogP contribution is -2.39. The Kier molecular flexibility index (Phi) is 6.88. The second-order valence-electron chi connectivity index (χ2n) is 8.57. The van der Waals surface area contributed by atoms with Gasteiger partial charge in [-0.3, -0.25) is 19.1 Å². The molecule has 1 fully saturated rings. The Bertz CT molecular complexity index is 952. The average Bonchev–Trinajstić information content (AvgIpc) is 2.92. The van der Waals surface area contributed by atoms with Gasteiger partial charge in [0.05, 0.1) is 11.9 Å². The Morgan fingerprint density at radius 1 is 1.03 bits per heavy atom. The van der Waals surface area contributed by atoms with Gasteiger partial charge in [-0.15, -0.1) is 11.3 Å². The lowest BCUT2D eigenvalue weighted by molar-refractivity contribution is -0.131. The van der Waals surface area contributed by atoms with E-state index in [1.807, 2.05) is 4.90 Å². The molecule has 164 valence electrons. The second kappa shape index (κ2) is 9.60. The number of fused-ring (bicyclic) bond motifs is 3. The number of aryl methyl sites for hydroxylation is 2. The molecule has 0 spiro atoms. The number of nitrogens with zero attached hydrogens (tertiary/aromatic N) is 4. The van der Waals surface area contributed by atoms with Crippen LogP contribution in [0.5, 0.6) is 0 Å². The molecule has 0 unspecified atom stereocenters. The van der Waals surface area contributed by atoms with Crippen molar-refractivity contribution in [3.8, 4) is 0 Å². The molecule has 0 atom stereocenters. The predicted molar refractivity (Wildman–Crippen MR) is 122 cm³/mol. The maximum atomic E-state index is 13.7. The largest absolute Gasteiger partial charge is 0.341 e. The summed E-state index contributed by atoms with van der Waals surface area (Å²) in [6.45, 7) is 8.37. The molecular weight excluding hydrogens is 396 g/mol. The van der Waals surface area contributed by atoms with Crippen molar-refractivity contribution >= 4 is 27.5 Å². The van der Waals surface area contributed by atoms with E-state index >= 15 is 0 Å². The number of likely N-dealkylation sites (tertiary alicyclic amines) is 1. The maximum absolute atomic E-state index is 13.7. The molecule has 0 aromatic carbocycles. The van der Waals surface area contributed by atoms with Gasteiger partial charge in [-0.1, -0.05) is 26.7 Å². The molecule has 1 aliphatic carbocycles. The minimum atomic E-state index is -0.00951.